The van der Waals surface area contributed by atoms with Crippen LogP contribution in [0.4, 0.5) is 0 Å². The summed E-state index contributed by atoms with van der Waals surface area (Å²) in [6.45, 7) is 1.93. The molecule has 4 aromatic heterocycles. The number of benzene rings is 1. The van der Waals surface area contributed by atoms with E-state index in [1.807, 2.05) is 38.4 Å². The van der Waals surface area contributed by atoms with Crippen LogP contribution < -0.4 is 4.87 Å². The quantitative estimate of drug-likeness (QED) is 0.345. The van der Waals surface area contributed by atoms with Crippen molar-refractivity contribution < 1.29 is 17.9 Å². The second-order valence-corrected chi connectivity index (χ2v) is 12.0. The minimum absolute atomic E-state index is 0.00755. The number of thiazole rings is 2. The molecule has 14 heteroatoms. The molecular weight excluding hydrogens is 500 g/mol. The van der Waals surface area contributed by atoms with Crippen LogP contribution >= 0.6 is 22.7 Å². The summed E-state index contributed by atoms with van der Waals surface area (Å²) in [5.74, 6) is -0.327. The van der Waals surface area contributed by atoms with Gasteiger partial charge in [-0.25, -0.2) is 13.4 Å². The lowest BCUT2D eigenvalue weighted by Gasteiger charge is -2.07. The number of fused-ring (bicyclic) bond motifs is 1. The minimum Gasteiger partial charge on any atom is -0.494 e. The number of aromatic nitrogens is 6. The first-order valence-corrected chi connectivity index (χ1v) is 13.5. The maximum atomic E-state index is 12.7. The number of aryl methyl sites for hydroxylation is 2. The fraction of sp³-hybridized carbons (Fsp3) is 0.250. The van der Waals surface area contributed by atoms with Gasteiger partial charge in [0.1, 0.15) is 5.01 Å². The van der Waals surface area contributed by atoms with Crippen LogP contribution in [0.3, 0.4) is 0 Å². The molecule has 1 atom stereocenters. The molecule has 0 aliphatic carbocycles. The molecule has 0 saturated carbocycles. The second kappa shape index (κ2) is 8.14. The van der Waals surface area contributed by atoms with Crippen LogP contribution in [0.5, 0.6) is 5.88 Å². The van der Waals surface area contributed by atoms with E-state index < -0.39 is 20.0 Å². The molecule has 176 valence electrons. The first-order chi connectivity index (χ1) is 16.1. The van der Waals surface area contributed by atoms with Gasteiger partial charge in [-0.3, -0.25) is 14.5 Å². The number of sulfone groups is 1. The standard InChI is InChI=1S/C20H18N6O5S3/c1-9-11(8-26(2)25-9)10-4-5-12-13(6-10)32-19(21-12)16(34(3,29)30)18-24-23-15(31-18)7-14-17(27)22-20(28)33-14/h4-6,8,16,27H,7H2,1-3H3,(H,22,28). The van der Waals surface area contributed by atoms with Gasteiger partial charge >= 0.3 is 4.87 Å². The average Bonchev–Trinajstić information content (AvgIpc) is 3.49. The number of hydrogen-bond acceptors (Lipinski definition) is 11. The lowest BCUT2D eigenvalue weighted by molar-refractivity contribution is 0.438. The number of nitrogens with zero attached hydrogens (tertiary/aromatic N) is 5. The lowest BCUT2D eigenvalue weighted by atomic mass is 10.1. The van der Waals surface area contributed by atoms with E-state index in [0.717, 1.165) is 39.1 Å². The zero-order valence-corrected chi connectivity index (χ0v) is 20.6. The molecule has 0 bridgehead atoms. The number of rotatable bonds is 6. The van der Waals surface area contributed by atoms with Crippen molar-refractivity contribution in [2.45, 2.75) is 18.6 Å². The molecule has 0 saturated heterocycles. The van der Waals surface area contributed by atoms with Crippen molar-refractivity contribution in [2.75, 3.05) is 6.26 Å². The van der Waals surface area contributed by atoms with Crippen molar-refractivity contribution in [2.24, 2.45) is 7.05 Å². The minimum atomic E-state index is -3.71. The third-order valence-electron chi connectivity index (χ3n) is 5.10. The maximum Gasteiger partial charge on any atom is 0.307 e. The highest BCUT2D eigenvalue weighted by Crippen LogP contribution is 2.37. The SMILES string of the molecule is Cc1nn(C)cc1-c1ccc2nc(C(c3nnc(Cc4sc(=O)[nH]c4O)o3)S(C)(=O)=O)sc2c1. The Morgan fingerprint density at radius 2 is 2.06 bits per heavy atom. The summed E-state index contributed by atoms with van der Waals surface area (Å²) in [5.41, 5.74) is 3.48. The summed E-state index contributed by atoms with van der Waals surface area (Å²) in [4.78, 5) is 18.1. The average molecular weight is 519 g/mol. The largest absolute Gasteiger partial charge is 0.494 e. The predicted molar refractivity (Wildman–Crippen MR) is 127 cm³/mol. The van der Waals surface area contributed by atoms with Gasteiger partial charge in [0.15, 0.2) is 15.1 Å². The van der Waals surface area contributed by atoms with E-state index in [4.69, 9.17) is 4.42 Å². The number of hydrogen-bond donors (Lipinski definition) is 2. The highest BCUT2D eigenvalue weighted by atomic mass is 32.2. The fourth-order valence-electron chi connectivity index (χ4n) is 3.63. The van der Waals surface area contributed by atoms with Gasteiger partial charge in [-0.1, -0.05) is 17.4 Å². The molecule has 1 unspecified atom stereocenters. The summed E-state index contributed by atoms with van der Waals surface area (Å²) in [6.07, 6.45) is 3.00. The lowest BCUT2D eigenvalue weighted by Crippen LogP contribution is -2.13. The van der Waals surface area contributed by atoms with Crippen LogP contribution in [-0.2, 0) is 23.3 Å². The van der Waals surface area contributed by atoms with Gasteiger partial charge in [0, 0.05) is 25.1 Å². The Morgan fingerprint density at radius 1 is 1.26 bits per heavy atom. The number of H-pyrrole nitrogens is 1. The predicted octanol–water partition coefficient (Wildman–Crippen LogP) is 2.57. The van der Waals surface area contributed by atoms with Gasteiger partial charge in [0.05, 0.1) is 27.2 Å². The van der Waals surface area contributed by atoms with Crippen molar-refractivity contribution in [3.05, 3.63) is 61.4 Å². The Bertz CT molecular complexity index is 1690. The molecule has 4 heterocycles. The molecule has 0 spiro atoms. The van der Waals surface area contributed by atoms with Gasteiger partial charge in [0.25, 0.3) is 0 Å². The molecule has 1 aromatic carbocycles. The topological polar surface area (TPSA) is 157 Å². The first-order valence-electron chi connectivity index (χ1n) is 9.91. The van der Waals surface area contributed by atoms with Gasteiger partial charge in [0.2, 0.25) is 17.7 Å². The van der Waals surface area contributed by atoms with Crippen molar-refractivity contribution in [1.29, 1.82) is 0 Å². The Balaban J connectivity index is 1.52. The van der Waals surface area contributed by atoms with Crippen LogP contribution in [0, 0.1) is 6.92 Å². The van der Waals surface area contributed by atoms with E-state index >= 15 is 0 Å². The van der Waals surface area contributed by atoms with Gasteiger partial charge in [-0.15, -0.1) is 21.5 Å². The maximum absolute atomic E-state index is 12.7. The van der Waals surface area contributed by atoms with Crippen molar-refractivity contribution in [3.8, 4) is 17.0 Å². The van der Waals surface area contributed by atoms with Gasteiger partial charge in [-0.2, -0.15) is 5.10 Å². The van der Waals surface area contributed by atoms with E-state index in [1.165, 1.54) is 11.3 Å². The van der Waals surface area contributed by atoms with E-state index in [0.29, 0.717) is 15.4 Å². The Hall–Kier alpha value is -3.36. The number of aromatic amines is 1. The summed E-state index contributed by atoms with van der Waals surface area (Å²) in [5, 5.41) is 21.1. The molecule has 2 N–H and O–H groups in total. The van der Waals surface area contributed by atoms with Crippen LogP contribution in [0.15, 0.2) is 33.6 Å². The molecule has 5 rings (SSSR count). The fourth-order valence-corrected chi connectivity index (χ4v) is 6.88. The molecule has 11 nitrogen and oxygen atoms in total. The van der Waals surface area contributed by atoms with Crippen LogP contribution in [-0.4, -0.2) is 49.7 Å². The van der Waals surface area contributed by atoms with Crippen LogP contribution in [0.2, 0.25) is 0 Å². The number of nitrogens with one attached hydrogen (secondary N) is 1. The number of aromatic hydroxyl groups is 1. The molecule has 0 amide bonds. The molecule has 0 fully saturated rings. The third-order valence-corrected chi connectivity index (χ3v) is 8.49. The second-order valence-electron chi connectivity index (χ2n) is 7.74. The van der Waals surface area contributed by atoms with Crippen molar-refractivity contribution in [3.63, 3.8) is 0 Å². The molecule has 0 radical (unpaired) electrons. The van der Waals surface area contributed by atoms with E-state index in [1.54, 1.807) is 4.68 Å². The molecule has 0 aliphatic heterocycles. The monoisotopic (exact) mass is 518 g/mol. The first kappa shape index (κ1) is 22.4. The zero-order valence-electron chi connectivity index (χ0n) is 18.1. The van der Waals surface area contributed by atoms with Crippen LogP contribution in [0.25, 0.3) is 21.3 Å². The van der Waals surface area contributed by atoms with Crippen molar-refractivity contribution in [1.82, 2.24) is 29.9 Å². The Labute approximate surface area is 200 Å². The van der Waals surface area contributed by atoms with E-state index in [2.05, 4.69) is 25.3 Å². The zero-order chi connectivity index (χ0) is 24.2. The highest BCUT2D eigenvalue weighted by molar-refractivity contribution is 7.91. The molecule has 0 aliphatic rings. The summed E-state index contributed by atoms with van der Waals surface area (Å²) in [7, 11) is -1.86. The summed E-state index contributed by atoms with van der Waals surface area (Å²) >= 11 is 2.05. The smallest absolute Gasteiger partial charge is 0.307 e. The van der Waals surface area contributed by atoms with E-state index in [-0.39, 0.29) is 24.1 Å². The molecule has 34 heavy (non-hydrogen) atoms. The van der Waals surface area contributed by atoms with Crippen molar-refractivity contribution >= 4 is 42.7 Å². The molecular formula is C20H18N6O5S3. The normalized spacial score (nSPS) is 13.0. The Kier molecular flexibility index (Phi) is 5.37. The summed E-state index contributed by atoms with van der Waals surface area (Å²) in [6, 6.07) is 5.72. The Morgan fingerprint density at radius 3 is 2.71 bits per heavy atom. The van der Waals surface area contributed by atoms with Gasteiger partial charge < -0.3 is 9.52 Å². The highest BCUT2D eigenvalue weighted by Gasteiger charge is 2.34. The van der Waals surface area contributed by atoms with Gasteiger partial charge in [-0.05, 0) is 24.6 Å². The van der Waals surface area contributed by atoms with Crippen LogP contribution in [0.1, 0.15) is 32.6 Å². The third kappa shape index (κ3) is 4.15. The molecule has 5 aromatic rings. The summed E-state index contributed by atoms with van der Waals surface area (Å²) < 4.78 is 33.6. The van der Waals surface area contributed by atoms with E-state index in [9.17, 15) is 18.3 Å².